The normalized spacial score (nSPS) is 14.6. The molecule has 0 N–H and O–H groups in total. The Hall–Kier alpha value is -6.50. The maximum absolute atomic E-state index is 2.55. The largest absolute Gasteiger partial charge is 0.0836 e. The Bertz CT molecular complexity index is 2740. The van der Waals surface area contributed by atoms with Crippen LogP contribution in [0.3, 0.4) is 0 Å². The monoisotopic (exact) mass is 672 g/mol. The topological polar surface area (TPSA) is 0 Å². The third kappa shape index (κ3) is 4.30. The first-order chi connectivity index (χ1) is 26.3. The molecular weight excluding hydrogens is 637 g/mol. The molecule has 0 atom stereocenters. The van der Waals surface area contributed by atoms with Crippen molar-refractivity contribution in [2.75, 3.05) is 0 Å². The minimum Gasteiger partial charge on any atom is -0.0836 e. The molecule has 3 aliphatic carbocycles. The van der Waals surface area contributed by atoms with Crippen LogP contribution in [0.15, 0.2) is 200 Å². The second-order valence-electron chi connectivity index (χ2n) is 14.6. The number of hydrogen-bond acceptors (Lipinski definition) is 0. The summed E-state index contributed by atoms with van der Waals surface area (Å²) in [5, 5.41) is 2.63. The zero-order valence-electron chi connectivity index (χ0n) is 29.4. The lowest BCUT2D eigenvalue weighted by Gasteiger charge is -2.36. The van der Waals surface area contributed by atoms with Crippen LogP contribution in [0, 0.1) is 0 Å². The quantitative estimate of drug-likeness (QED) is 0.171. The summed E-state index contributed by atoms with van der Waals surface area (Å²) in [6.45, 7) is 0. The van der Waals surface area contributed by atoms with Gasteiger partial charge in [-0.05, 0) is 125 Å². The highest BCUT2D eigenvalue weighted by atomic mass is 14.5. The van der Waals surface area contributed by atoms with Gasteiger partial charge in [-0.1, -0.05) is 182 Å². The van der Waals surface area contributed by atoms with Gasteiger partial charge in [0.1, 0.15) is 0 Å². The van der Waals surface area contributed by atoms with Crippen LogP contribution in [-0.4, -0.2) is 0 Å². The van der Waals surface area contributed by atoms with Gasteiger partial charge in [0, 0.05) is 0 Å². The van der Waals surface area contributed by atoms with Gasteiger partial charge in [0.2, 0.25) is 0 Å². The van der Waals surface area contributed by atoms with Crippen LogP contribution in [-0.2, 0) is 5.41 Å². The Morgan fingerprint density at radius 2 is 0.981 bits per heavy atom. The molecule has 248 valence electrons. The maximum atomic E-state index is 2.55. The van der Waals surface area contributed by atoms with Crippen LogP contribution in [0.2, 0.25) is 0 Å². The Kier molecular flexibility index (Phi) is 6.70. The third-order valence-electron chi connectivity index (χ3n) is 12.0. The fourth-order valence-electron chi connectivity index (χ4n) is 9.90. The van der Waals surface area contributed by atoms with Crippen molar-refractivity contribution in [2.45, 2.75) is 18.3 Å². The standard InChI is InChI=1S/C53H36/c1-5-17-35(18-6-1)45-34-46(50(37-19-7-2-8-20-37)52-44-29-16-22-36-21-15-28-43(49(36)44)51(45)52)38-31-32-42-41-27-13-14-30-47(41)53(48(42)33-38,39-23-9-3-10-24-39)40-25-11-4-12-26-40/h1-13,15-29,31-34H,14,30H2. The van der Waals surface area contributed by atoms with Crippen molar-refractivity contribution in [3.8, 4) is 55.6 Å². The molecule has 0 aliphatic heterocycles. The smallest absolute Gasteiger partial charge is 0.0676 e. The Morgan fingerprint density at radius 1 is 0.396 bits per heavy atom. The molecule has 0 nitrogen and oxygen atoms in total. The predicted octanol–water partition coefficient (Wildman–Crippen LogP) is 13.9. The summed E-state index contributed by atoms with van der Waals surface area (Å²) in [5.41, 5.74) is 20.7. The fraction of sp³-hybridized carbons (Fsp3) is 0.0566. The molecule has 0 bridgehead atoms. The predicted molar refractivity (Wildman–Crippen MR) is 223 cm³/mol. The van der Waals surface area contributed by atoms with Gasteiger partial charge in [-0.2, -0.15) is 0 Å². The molecule has 0 spiro atoms. The van der Waals surface area contributed by atoms with E-state index in [1.807, 2.05) is 0 Å². The molecule has 0 saturated carbocycles. The highest BCUT2D eigenvalue weighted by Gasteiger charge is 2.47. The van der Waals surface area contributed by atoms with Gasteiger partial charge < -0.3 is 0 Å². The summed E-state index contributed by atoms with van der Waals surface area (Å²) < 4.78 is 0. The van der Waals surface area contributed by atoms with Crippen LogP contribution in [0.25, 0.3) is 72.0 Å². The first-order valence-corrected chi connectivity index (χ1v) is 18.8. The molecule has 0 radical (unpaired) electrons. The van der Waals surface area contributed by atoms with Crippen LogP contribution in [0.4, 0.5) is 0 Å². The van der Waals surface area contributed by atoms with Crippen molar-refractivity contribution < 1.29 is 0 Å². The molecule has 0 heteroatoms. The summed E-state index contributed by atoms with van der Waals surface area (Å²) in [4.78, 5) is 0. The molecule has 8 aromatic rings. The first-order valence-electron chi connectivity index (χ1n) is 18.8. The van der Waals surface area contributed by atoms with Crippen molar-refractivity contribution in [2.24, 2.45) is 0 Å². The number of fused-ring (bicyclic) bond motifs is 5. The van der Waals surface area contributed by atoms with E-state index in [-0.39, 0.29) is 5.41 Å². The van der Waals surface area contributed by atoms with Crippen LogP contribution < -0.4 is 0 Å². The Labute approximate surface area is 311 Å². The van der Waals surface area contributed by atoms with Gasteiger partial charge in [-0.3, -0.25) is 0 Å². The summed E-state index contributed by atoms with van der Waals surface area (Å²) in [7, 11) is 0. The Morgan fingerprint density at radius 3 is 1.64 bits per heavy atom. The zero-order chi connectivity index (χ0) is 34.9. The summed E-state index contributed by atoms with van der Waals surface area (Å²) in [5.74, 6) is 0. The van der Waals surface area contributed by atoms with Gasteiger partial charge in [0.25, 0.3) is 0 Å². The number of allylic oxidation sites excluding steroid dienone is 4. The highest BCUT2D eigenvalue weighted by molar-refractivity contribution is 6.22. The molecule has 0 heterocycles. The van der Waals surface area contributed by atoms with Gasteiger partial charge in [0.15, 0.2) is 0 Å². The van der Waals surface area contributed by atoms with E-state index < -0.39 is 0 Å². The molecule has 11 rings (SSSR count). The summed E-state index contributed by atoms with van der Waals surface area (Å²) >= 11 is 0. The molecule has 3 aliphatic rings. The maximum Gasteiger partial charge on any atom is 0.0676 e. The molecule has 0 aromatic heterocycles. The van der Waals surface area contributed by atoms with Crippen LogP contribution in [0.1, 0.15) is 35.1 Å². The van der Waals surface area contributed by atoms with Crippen molar-refractivity contribution in [3.05, 3.63) is 222 Å². The highest BCUT2D eigenvalue weighted by Crippen LogP contribution is 2.60. The Balaban J connectivity index is 1.27. The average Bonchev–Trinajstić information content (AvgIpc) is 3.73. The van der Waals surface area contributed by atoms with Gasteiger partial charge in [-0.15, -0.1) is 0 Å². The van der Waals surface area contributed by atoms with E-state index in [1.165, 1.54) is 99.8 Å². The van der Waals surface area contributed by atoms with Crippen molar-refractivity contribution in [1.82, 2.24) is 0 Å². The molecule has 8 aromatic carbocycles. The summed E-state index contributed by atoms with van der Waals surface area (Å²) in [6.07, 6.45) is 6.84. The first kappa shape index (κ1) is 30.2. The van der Waals surface area contributed by atoms with E-state index in [0.717, 1.165) is 12.8 Å². The van der Waals surface area contributed by atoms with E-state index in [1.54, 1.807) is 0 Å². The van der Waals surface area contributed by atoms with Crippen LogP contribution >= 0.6 is 0 Å². The second kappa shape index (κ2) is 11.8. The lowest BCUT2D eigenvalue weighted by molar-refractivity contribution is 0.697. The van der Waals surface area contributed by atoms with E-state index in [2.05, 4.69) is 194 Å². The van der Waals surface area contributed by atoms with Crippen molar-refractivity contribution in [3.63, 3.8) is 0 Å². The average molecular weight is 673 g/mol. The van der Waals surface area contributed by atoms with Gasteiger partial charge in [0.05, 0.1) is 5.41 Å². The van der Waals surface area contributed by atoms with Crippen molar-refractivity contribution in [1.29, 1.82) is 0 Å². The SMILES string of the molecule is C1=CC2=C(CC1)C(c1ccccc1)(c1ccccc1)c1cc(-c3cc(-c4ccccc4)c4c(c3-c3ccccc3)-c3cccc5cccc-4c35)ccc12. The molecular formula is C53H36. The minimum absolute atomic E-state index is 0.387. The lowest BCUT2D eigenvalue weighted by atomic mass is 9.65. The van der Waals surface area contributed by atoms with E-state index in [4.69, 9.17) is 0 Å². The van der Waals surface area contributed by atoms with Crippen molar-refractivity contribution >= 4 is 16.3 Å². The van der Waals surface area contributed by atoms with E-state index >= 15 is 0 Å². The molecule has 0 saturated heterocycles. The van der Waals surface area contributed by atoms with E-state index in [0.29, 0.717) is 0 Å². The van der Waals surface area contributed by atoms with Gasteiger partial charge in [-0.25, -0.2) is 0 Å². The molecule has 53 heavy (non-hydrogen) atoms. The van der Waals surface area contributed by atoms with Crippen LogP contribution in [0.5, 0.6) is 0 Å². The second-order valence-corrected chi connectivity index (χ2v) is 14.6. The third-order valence-corrected chi connectivity index (χ3v) is 12.0. The number of hydrogen-bond donors (Lipinski definition) is 0. The molecule has 0 fully saturated rings. The zero-order valence-corrected chi connectivity index (χ0v) is 29.4. The molecule has 0 unspecified atom stereocenters. The minimum atomic E-state index is -0.387. The number of rotatable bonds is 5. The lowest BCUT2D eigenvalue weighted by Crippen LogP contribution is -2.30. The van der Waals surface area contributed by atoms with E-state index in [9.17, 15) is 0 Å². The molecule has 0 amide bonds. The fourth-order valence-corrected chi connectivity index (χ4v) is 9.90. The van der Waals surface area contributed by atoms with Gasteiger partial charge >= 0.3 is 0 Å². The summed E-state index contributed by atoms with van der Waals surface area (Å²) in [6, 6.07) is 68.1. The number of benzene rings is 8.